The molecule has 1 aromatic rings. The lowest BCUT2D eigenvalue weighted by molar-refractivity contribution is 0.377. The third kappa shape index (κ3) is 3.62. The van der Waals surface area contributed by atoms with E-state index in [0.717, 1.165) is 25.1 Å². The molecular weight excluding hydrogens is 244 g/mol. The van der Waals surface area contributed by atoms with E-state index in [0.29, 0.717) is 11.3 Å². The number of hydrogen-bond acceptors (Lipinski definition) is 3. The summed E-state index contributed by atoms with van der Waals surface area (Å²) in [5.41, 5.74) is 1.20. The summed E-state index contributed by atoms with van der Waals surface area (Å²) in [6.07, 6.45) is 8.41. The number of nitrogens with zero attached hydrogens (tertiary/aromatic N) is 1. The predicted octanol–water partition coefficient (Wildman–Crippen LogP) is 2.25. The fourth-order valence-corrected chi connectivity index (χ4v) is 4.07. The van der Waals surface area contributed by atoms with E-state index in [4.69, 9.17) is 0 Å². The fraction of sp³-hybridized carbons (Fsp3) is 0.643. The lowest BCUT2D eigenvalue weighted by Crippen LogP contribution is -2.44. The van der Waals surface area contributed by atoms with Crippen LogP contribution in [0.1, 0.15) is 38.2 Å². The van der Waals surface area contributed by atoms with E-state index >= 15 is 0 Å². The topological polar surface area (TPSA) is 42.0 Å². The van der Waals surface area contributed by atoms with Gasteiger partial charge in [0.25, 0.3) is 0 Å². The summed E-state index contributed by atoms with van der Waals surface area (Å²) in [7, 11) is -0.680. The number of aromatic nitrogens is 1. The standard InChI is InChI=1S/C14H22N2OS/c1-2-18(17)14-8-4-3-7-13(14)16-11-12-6-5-9-15-10-12/h5-6,9-10,13-14,16H,2-4,7-8,11H2,1H3/t13-,14-,18+/m1/s1. The maximum Gasteiger partial charge on any atom is 0.0501 e. The number of rotatable bonds is 5. The van der Waals surface area contributed by atoms with Gasteiger partial charge >= 0.3 is 0 Å². The molecule has 3 atom stereocenters. The van der Waals surface area contributed by atoms with Gasteiger partial charge in [-0.05, 0) is 24.5 Å². The van der Waals surface area contributed by atoms with Gasteiger partial charge in [-0.15, -0.1) is 0 Å². The third-order valence-electron chi connectivity index (χ3n) is 3.62. The SMILES string of the molecule is CC[S@](=O)[C@@H]1CCCC[C@H]1NCc1cccnc1. The zero-order valence-corrected chi connectivity index (χ0v) is 11.8. The van der Waals surface area contributed by atoms with Gasteiger partial charge in [-0.2, -0.15) is 0 Å². The molecule has 1 aliphatic rings. The van der Waals surface area contributed by atoms with Crippen molar-refractivity contribution in [3.63, 3.8) is 0 Å². The molecule has 4 heteroatoms. The van der Waals surface area contributed by atoms with Crippen LogP contribution in [0.15, 0.2) is 24.5 Å². The Bertz CT molecular complexity index is 383. The molecule has 2 rings (SSSR count). The summed E-state index contributed by atoms with van der Waals surface area (Å²) in [4.78, 5) is 4.12. The van der Waals surface area contributed by atoms with Crippen LogP contribution >= 0.6 is 0 Å². The average Bonchev–Trinajstić information content (AvgIpc) is 2.45. The Morgan fingerprint density at radius 2 is 2.28 bits per heavy atom. The summed E-state index contributed by atoms with van der Waals surface area (Å²) < 4.78 is 12.0. The Balaban J connectivity index is 1.91. The largest absolute Gasteiger partial charge is 0.309 e. The highest BCUT2D eigenvalue weighted by Crippen LogP contribution is 2.23. The van der Waals surface area contributed by atoms with Gasteiger partial charge in [0.2, 0.25) is 0 Å². The molecular formula is C14H22N2OS. The number of pyridine rings is 1. The highest BCUT2D eigenvalue weighted by Gasteiger charge is 2.28. The van der Waals surface area contributed by atoms with Crippen molar-refractivity contribution in [3.05, 3.63) is 30.1 Å². The quantitative estimate of drug-likeness (QED) is 0.889. The van der Waals surface area contributed by atoms with Crippen LogP contribution < -0.4 is 5.32 Å². The van der Waals surface area contributed by atoms with E-state index in [1.807, 2.05) is 19.2 Å². The van der Waals surface area contributed by atoms with E-state index in [-0.39, 0.29) is 0 Å². The Kier molecular flexibility index (Phi) is 5.32. The second-order valence-electron chi connectivity index (χ2n) is 4.84. The van der Waals surface area contributed by atoms with Crippen LogP contribution in [-0.4, -0.2) is 26.2 Å². The molecule has 0 amide bonds. The molecule has 1 fully saturated rings. The summed E-state index contributed by atoms with van der Waals surface area (Å²) in [5.74, 6) is 0.774. The highest BCUT2D eigenvalue weighted by molar-refractivity contribution is 7.85. The third-order valence-corrected chi connectivity index (χ3v) is 5.42. The molecule has 1 aliphatic carbocycles. The van der Waals surface area contributed by atoms with E-state index in [1.165, 1.54) is 18.4 Å². The van der Waals surface area contributed by atoms with Gasteiger partial charge in [-0.1, -0.05) is 25.8 Å². The Labute approximate surface area is 112 Å². The zero-order chi connectivity index (χ0) is 12.8. The monoisotopic (exact) mass is 266 g/mol. The van der Waals surface area contributed by atoms with E-state index in [2.05, 4.69) is 16.4 Å². The van der Waals surface area contributed by atoms with Crippen molar-refractivity contribution in [1.82, 2.24) is 10.3 Å². The zero-order valence-electron chi connectivity index (χ0n) is 11.0. The first-order valence-electron chi connectivity index (χ1n) is 6.80. The average molecular weight is 266 g/mol. The molecule has 0 radical (unpaired) electrons. The van der Waals surface area contributed by atoms with Crippen LogP contribution in [-0.2, 0) is 17.3 Å². The molecule has 0 aromatic carbocycles. The first-order chi connectivity index (χ1) is 8.81. The van der Waals surface area contributed by atoms with E-state index in [9.17, 15) is 4.21 Å². The molecule has 0 saturated heterocycles. The van der Waals surface area contributed by atoms with Gasteiger partial charge in [-0.25, -0.2) is 0 Å². The van der Waals surface area contributed by atoms with Crippen LogP contribution in [0.25, 0.3) is 0 Å². The van der Waals surface area contributed by atoms with Crippen LogP contribution in [0.3, 0.4) is 0 Å². The van der Waals surface area contributed by atoms with Gasteiger partial charge in [0.1, 0.15) is 0 Å². The van der Waals surface area contributed by atoms with Crippen LogP contribution in [0.2, 0.25) is 0 Å². The van der Waals surface area contributed by atoms with E-state index in [1.54, 1.807) is 6.20 Å². The van der Waals surface area contributed by atoms with Gasteiger partial charge in [-0.3, -0.25) is 9.19 Å². The molecule has 100 valence electrons. The minimum absolute atomic E-state index is 0.334. The molecule has 0 spiro atoms. The van der Waals surface area contributed by atoms with Crippen molar-refractivity contribution < 1.29 is 4.21 Å². The molecule has 1 aromatic heterocycles. The molecule has 1 heterocycles. The number of hydrogen-bond donors (Lipinski definition) is 1. The number of nitrogens with one attached hydrogen (secondary N) is 1. The fourth-order valence-electron chi connectivity index (χ4n) is 2.61. The first kappa shape index (κ1) is 13.7. The van der Waals surface area contributed by atoms with Crippen LogP contribution in [0, 0.1) is 0 Å². The molecule has 1 N–H and O–H groups in total. The molecule has 3 nitrogen and oxygen atoms in total. The van der Waals surface area contributed by atoms with E-state index < -0.39 is 10.8 Å². The van der Waals surface area contributed by atoms with Crippen molar-refractivity contribution in [2.24, 2.45) is 0 Å². The van der Waals surface area contributed by atoms with Crippen molar-refractivity contribution >= 4 is 10.8 Å². The second-order valence-corrected chi connectivity index (χ2v) is 6.79. The van der Waals surface area contributed by atoms with Gasteiger partial charge < -0.3 is 5.32 Å². The van der Waals surface area contributed by atoms with Gasteiger partial charge in [0.05, 0.1) is 5.25 Å². The predicted molar refractivity (Wildman–Crippen MR) is 75.8 cm³/mol. The molecule has 0 bridgehead atoms. The van der Waals surface area contributed by atoms with Crippen molar-refractivity contribution in [2.45, 2.75) is 50.4 Å². The molecule has 0 aliphatic heterocycles. The minimum atomic E-state index is -0.680. The Morgan fingerprint density at radius 1 is 1.44 bits per heavy atom. The summed E-state index contributed by atoms with van der Waals surface area (Å²) in [6, 6.07) is 4.44. The maximum absolute atomic E-state index is 12.0. The summed E-state index contributed by atoms with van der Waals surface area (Å²) >= 11 is 0. The normalized spacial score (nSPS) is 25.8. The minimum Gasteiger partial charge on any atom is -0.309 e. The first-order valence-corrected chi connectivity index (χ1v) is 8.19. The summed E-state index contributed by atoms with van der Waals surface area (Å²) in [5, 5.41) is 3.90. The Hall–Kier alpha value is -0.740. The van der Waals surface area contributed by atoms with Crippen molar-refractivity contribution in [1.29, 1.82) is 0 Å². The summed E-state index contributed by atoms with van der Waals surface area (Å²) in [6.45, 7) is 2.85. The van der Waals surface area contributed by atoms with Crippen LogP contribution in [0.4, 0.5) is 0 Å². The van der Waals surface area contributed by atoms with Crippen molar-refractivity contribution in [2.75, 3.05) is 5.75 Å². The van der Waals surface area contributed by atoms with Crippen LogP contribution in [0.5, 0.6) is 0 Å². The lowest BCUT2D eigenvalue weighted by atomic mass is 9.94. The van der Waals surface area contributed by atoms with Gasteiger partial charge in [0.15, 0.2) is 0 Å². The second kappa shape index (κ2) is 7.00. The van der Waals surface area contributed by atoms with Gasteiger partial charge in [0, 0.05) is 41.5 Å². The van der Waals surface area contributed by atoms with Crippen molar-refractivity contribution in [3.8, 4) is 0 Å². The molecule has 18 heavy (non-hydrogen) atoms. The smallest absolute Gasteiger partial charge is 0.0501 e. The molecule has 0 unspecified atom stereocenters. The molecule has 1 saturated carbocycles. The highest BCUT2D eigenvalue weighted by atomic mass is 32.2. The lowest BCUT2D eigenvalue weighted by Gasteiger charge is -2.31. The maximum atomic E-state index is 12.0. The Morgan fingerprint density at radius 3 is 3.00 bits per heavy atom.